The predicted molar refractivity (Wildman–Crippen MR) is 68.9 cm³/mol. The molecule has 19 heavy (non-hydrogen) atoms. The topological polar surface area (TPSA) is 61.8 Å². The van der Waals surface area contributed by atoms with Crippen LogP contribution < -0.4 is 4.74 Å². The van der Waals surface area contributed by atoms with Crippen LogP contribution in [0.2, 0.25) is 0 Å². The minimum Gasteiger partial charge on any atom is -0.500 e. The fraction of sp³-hybridized carbons (Fsp3) is 0.286. The van der Waals surface area contributed by atoms with Crippen molar-refractivity contribution >= 4 is 11.8 Å². The highest BCUT2D eigenvalue weighted by atomic mass is 16.6. The van der Waals surface area contributed by atoms with Crippen LogP contribution in [0.25, 0.3) is 0 Å². The second kappa shape index (κ2) is 6.58. The summed E-state index contributed by atoms with van der Waals surface area (Å²) < 4.78 is 14.8. The largest absolute Gasteiger partial charge is 0.500 e. The van der Waals surface area contributed by atoms with E-state index in [1.807, 2.05) is 0 Å². The van der Waals surface area contributed by atoms with E-state index in [-0.39, 0.29) is 11.5 Å². The van der Waals surface area contributed by atoms with Crippen LogP contribution in [0.3, 0.4) is 0 Å². The number of hydrogen-bond donors (Lipinski definition) is 0. The lowest BCUT2D eigenvalue weighted by molar-refractivity contribution is -0.138. The molecule has 0 unspecified atom stereocenters. The van der Waals surface area contributed by atoms with Gasteiger partial charge in [0, 0.05) is 5.56 Å². The van der Waals surface area contributed by atoms with E-state index < -0.39 is 5.97 Å². The maximum Gasteiger partial charge on any atom is 0.377 e. The summed E-state index contributed by atoms with van der Waals surface area (Å²) in [6.07, 6.45) is 1.14. The summed E-state index contributed by atoms with van der Waals surface area (Å²) in [6, 6.07) is 5.01. The van der Waals surface area contributed by atoms with E-state index in [2.05, 4.69) is 4.74 Å². The van der Waals surface area contributed by atoms with E-state index in [1.165, 1.54) is 21.1 Å². The van der Waals surface area contributed by atoms with E-state index in [1.54, 1.807) is 25.1 Å². The van der Waals surface area contributed by atoms with Crippen molar-refractivity contribution in [3.8, 4) is 5.75 Å². The number of carbonyl (C=O) groups is 2. The Morgan fingerprint density at radius 3 is 2.42 bits per heavy atom. The molecule has 5 heteroatoms. The minimum absolute atomic E-state index is 0.0832. The molecule has 0 bridgehead atoms. The number of aryl methyl sites for hydroxylation is 1. The number of hydrogen-bond acceptors (Lipinski definition) is 5. The third-order valence-corrected chi connectivity index (χ3v) is 2.43. The third kappa shape index (κ3) is 3.84. The molecule has 0 fully saturated rings. The van der Waals surface area contributed by atoms with E-state index in [4.69, 9.17) is 9.47 Å². The number of carbonyl (C=O) groups excluding carboxylic acids is 2. The molecule has 1 aromatic rings. The van der Waals surface area contributed by atoms with Crippen molar-refractivity contribution in [1.82, 2.24) is 0 Å². The first kappa shape index (κ1) is 14.8. The summed E-state index contributed by atoms with van der Waals surface area (Å²) >= 11 is 0. The van der Waals surface area contributed by atoms with Crippen molar-refractivity contribution in [3.05, 3.63) is 41.3 Å². The van der Waals surface area contributed by atoms with Crippen LogP contribution in [0, 0.1) is 6.92 Å². The van der Waals surface area contributed by atoms with Gasteiger partial charge >= 0.3 is 5.97 Å². The van der Waals surface area contributed by atoms with Gasteiger partial charge in [-0.15, -0.1) is 0 Å². The molecule has 5 nitrogen and oxygen atoms in total. The lowest BCUT2D eigenvalue weighted by Crippen LogP contribution is -2.12. The molecule has 1 rings (SSSR count). The normalized spacial score (nSPS) is 10.8. The fourth-order valence-electron chi connectivity index (χ4n) is 1.37. The Kier molecular flexibility index (Phi) is 5.11. The molecule has 0 aliphatic rings. The van der Waals surface area contributed by atoms with Crippen molar-refractivity contribution in [2.75, 3.05) is 14.2 Å². The maximum absolute atomic E-state index is 11.5. The van der Waals surface area contributed by atoms with E-state index >= 15 is 0 Å². The van der Waals surface area contributed by atoms with Gasteiger partial charge in [0.1, 0.15) is 12.0 Å². The molecule has 0 amide bonds. The molecule has 0 spiro atoms. The summed E-state index contributed by atoms with van der Waals surface area (Å²) in [6.45, 7) is 3.27. The minimum atomic E-state index is -0.658. The molecule has 0 N–H and O–H groups in total. The monoisotopic (exact) mass is 264 g/mol. The Balaban J connectivity index is 3.09. The molecule has 0 saturated heterocycles. The van der Waals surface area contributed by atoms with Crippen LogP contribution in [-0.4, -0.2) is 26.0 Å². The van der Waals surface area contributed by atoms with E-state index in [9.17, 15) is 9.59 Å². The number of rotatable bonds is 5. The van der Waals surface area contributed by atoms with Gasteiger partial charge in [-0.2, -0.15) is 0 Å². The predicted octanol–water partition coefficient (Wildman–Crippen LogP) is 2.24. The molecule has 102 valence electrons. The molecule has 0 aromatic heterocycles. The molecular formula is C14H16O5. The number of ketones is 1. The van der Waals surface area contributed by atoms with Gasteiger partial charge in [0.15, 0.2) is 5.78 Å². The second-order valence-electron chi connectivity index (χ2n) is 3.85. The van der Waals surface area contributed by atoms with Gasteiger partial charge in [0.05, 0.1) is 14.2 Å². The lowest BCUT2D eigenvalue weighted by atomic mass is 10.1. The zero-order valence-corrected chi connectivity index (χ0v) is 11.4. The first-order chi connectivity index (χ1) is 8.99. The number of esters is 1. The second-order valence-corrected chi connectivity index (χ2v) is 3.85. The first-order valence-corrected chi connectivity index (χ1v) is 5.60. The summed E-state index contributed by atoms with van der Waals surface area (Å²) in [5, 5.41) is 0. The Labute approximate surface area is 111 Å². The third-order valence-electron chi connectivity index (χ3n) is 2.43. The quantitative estimate of drug-likeness (QED) is 0.353. The molecule has 0 aliphatic carbocycles. The van der Waals surface area contributed by atoms with Crippen LogP contribution in [0.4, 0.5) is 0 Å². The molecule has 0 saturated carbocycles. The van der Waals surface area contributed by atoms with Gasteiger partial charge in [0.25, 0.3) is 0 Å². The van der Waals surface area contributed by atoms with Gasteiger partial charge in [-0.05, 0) is 25.5 Å². The highest BCUT2D eigenvalue weighted by Gasteiger charge is 2.15. The van der Waals surface area contributed by atoms with Crippen molar-refractivity contribution in [2.45, 2.75) is 13.8 Å². The van der Waals surface area contributed by atoms with Crippen molar-refractivity contribution in [1.29, 1.82) is 0 Å². The molecule has 0 radical (unpaired) electrons. The van der Waals surface area contributed by atoms with Crippen molar-refractivity contribution in [3.63, 3.8) is 0 Å². The average molecular weight is 264 g/mol. The van der Waals surface area contributed by atoms with E-state index in [0.717, 1.165) is 11.8 Å². The Morgan fingerprint density at radius 1 is 1.21 bits per heavy atom. The maximum atomic E-state index is 11.5. The summed E-state index contributed by atoms with van der Waals surface area (Å²) in [7, 11) is 2.64. The number of benzene rings is 1. The van der Waals surface area contributed by atoms with Gasteiger partial charge in [0.2, 0.25) is 5.76 Å². The Morgan fingerprint density at radius 2 is 1.89 bits per heavy atom. The number of methoxy groups -OCH3 is 2. The van der Waals surface area contributed by atoms with Gasteiger partial charge in [-0.25, -0.2) is 4.79 Å². The highest BCUT2D eigenvalue weighted by Crippen LogP contribution is 2.22. The summed E-state index contributed by atoms with van der Waals surface area (Å²) in [5.74, 6) is -0.426. The van der Waals surface area contributed by atoms with Crippen LogP contribution in [-0.2, 0) is 14.3 Å². The molecule has 0 atom stereocenters. The van der Waals surface area contributed by atoms with Crippen LogP contribution in [0.1, 0.15) is 22.8 Å². The van der Waals surface area contributed by atoms with E-state index in [0.29, 0.717) is 11.3 Å². The highest BCUT2D eigenvalue weighted by molar-refractivity contribution is 5.94. The van der Waals surface area contributed by atoms with Crippen molar-refractivity contribution in [2.24, 2.45) is 0 Å². The van der Waals surface area contributed by atoms with Gasteiger partial charge in [-0.1, -0.05) is 12.1 Å². The van der Waals surface area contributed by atoms with Gasteiger partial charge < -0.3 is 14.2 Å². The van der Waals surface area contributed by atoms with Crippen molar-refractivity contribution < 1.29 is 23.8 Å². The van der Waals surface area contributed by atoms with Gasteiger partial charge in [-0.3, -0.25) is 4.79 Å². The first-order valence-electron chi connectivity index (χ1n) is 5.60. The Hall–Kier alpha value is -2.30. The SMILES string of the molecule is COC=C(Oc1cc(C(C)=O)ccc1C)C(=O)OC. The number of Topliss-reactive ketones (excluding diaryl/α,β-unsaturated/α-hetero) is 1. The standard InChI is InChI=1S/C14H16O5/c1-9-5-6-11(10(2)15)7-12(9)19-13(8-17-3)14(16)18-4/h5-8H,1-4H3. The molecular weight excluding hydrogens is 248 g/mol. The number of ether oxygens (including phenoxy) is 3. The smallest absolute Gasteiger partial charge is 0.377 e. The Bertz CT molecular complexity index is 517. The zero-order valence-electron chi connectivity index (χ0n) is 11.4. The summed E-state index contributed by atoms with van der Waals surface area (Å²) in [4.78, 5) is 22.8. The van der Waals surface area contributed by atoms with Crippen LogP contribution in [0.15, 0.2) is 30.2 Å². The van der Waals surface area contributed by atoms with Crippen LogP contribution >= 0.6 is 0 Å². The molecule has 1 aromatic carbocycles. The summed E-state index contributed by atoms with van der Waals surface area (Å²) in [5.41, 5.74) is 1.29. The zero-order chi connectivity index (χ0) is 14.4. The molecule has 0 heterocycles. The van der Waals surface area contributed by atoms with Crippen LogP contribution in [0.5, 0.6) is 5.75 Å². The average Bonchev–Trinajstić information content (AvgIpc) is 2.39. The molecule has 0 aliphatic heterocycles. The lowest BCUT2D eigenvalue weighted by Gasteiger charge is -2.11. The fourth-order valence-corrected chi connectivity index (χ4v) is 1.37.